The highest BCUT2D eigenvalue weighted by molar-refractivity contribution is 5.85. The molecule has 2 aliphatic heterocycles. The lowest BCUT2D eigenvalue weighted by Crippen LogP contribution is -2.53. The summed E-state index contributed by atoms with van der Waals surface area (Å²) in [5.74, 6) is 0.252. The summed E-state index contributed by atoms with van der Waals surface area (Å²) in [5.41, 5.74) is 1.07. The van der Waals surface area contributed by atoms with Crippen molar-refractivity contribution in [3.8, 4) is 0 Å². The van der Waals surface area contributed by atoms with Gasteiger partial charge in [-0.3, -0.25) is 14.6 Å². The van der Waals surface area contributed by atoms with E-state index in [4.69, 9.17) is 0 Å². The fraction of sp³-hybridized carbons (Fsp3) is 0.611. The van der Waals surface area contributed by atoms with Crippen molar-refractivity contribution in [3.63, 3.8) is 0 Å². The number of piperazine rings is 1. The predicted octanol–water partition coefficient (Wildman–Crippen LogP) is 1.62. The van der Waals surface area contributed by atoms with Crippen molar-refractivity contribution in [2.75, 3.05) is 32.7 Å². The van der Waals surface area contributed by atoms with Gasteiger partial charge < -0.3 is 15.1 Å². The molecule has 0 spiro atoms. The van der Waals surface area contributed by atoms with Crippen molar-refractivity contribution in [2.45, 2.75) is 32.2 Å². The van der Waals surface area contributed by atoms with Crippen molar-refractivity contribution in [1.82, 2.24) is 20.1 Å². The molecule has 2 amide bonds. The van der Waals surface area contributed by atoms with Gasteiger partial charge in [0.1, 0.15) is 0 Å². The Kier molecular flexibility index (Phi) is 7.20. The Hall–Kier alpha value is -1.66. The fourth-order valence-corrected chi connectivity index (χ4v) is 3.70. The minimum absolute atomic E-state index is 0. The molecule has 2 saturated heterocycles. The number of amides is 2. The summed E-state index contributed by atoms with van der Waals surface area (Å²) >= 11 is 0. The number of nitrogens with zero attached hydrogens (tertiary/aromatic N) is 3. The molecule has 6 nitrogen and oxygen atoms in total. The van der Waals surface area contributed by atoms with Crippen LogP contribution in [0, 0.1) is 5.92 Å². The molecule has 3 rings (SSSR count). The molecular formula is C18H27ClN4O2. The van der Waals surface area contributed by atoms with E-state index in [-0.39, 0.29) is 36.2 Å². The largest absolute Gasteiger partial charge is 0.342 e. The molecule has 7 heteroatoms. The smallest absolute Gasteiger partial charge is 0.228 e. The Morgan fingerprint density at radius 3 is 2.92 bits per heavy atom. The van der Waals surface area contributed by atoms with E-state index in [0.29, 0.717) is 19.5 Å². The van der Waals surface area contributed by atoms with Gasteiger partial charge in [-0.25, -0.2) is 0 Å². The van der Waals surface area contributed by atoms with Crippen molar-refractivity contribution >= 4 is 24.2 Å². The minimum Gasteiger partial charge on any atom is -0.342 e. The van der Waals surface area contributed by atoms with Crippen LogP contribution >= 0.6 is 12.4 Å². The number of carbonyl (C=O) groups excluding carboxylic acids is 2. The highest BCUT2D eigenvalue weighted by Gasteiger charge is 2.35. The first-order valence-corrected chi connectivity index (χ1v) is 8.89. The molecule has 1 N–H and O–H groups in total. The SMILES string of the molecule is CCC(=O)N1CCCC(C(=O)N2CCNCC2c2cccnc2)C1.Cl. The third-order valence-electron chi connectivity index (χ3n) is 5.02. The summed E-state index contributed by atoms with van der Waals surface area (Å²) in [4.78, 5) is 33.1. The van der Waals surface area contributed by atoms with Crippen LogP contribution in [0.3, 0.4) is 0 Å². The first-order chi connectivity index (χ1) is 11.7. The first-order valence-electron chi connectivity index (χ1n) is 8.89. The van der Waals surface area contributed by atoms with E-state index in [2.05, 4.69) is 10.3 Å². The maximum absolute atomic E-state index is 13.1. The van der Waals surface area contributed by atoms with Crippen LogP contribution in [0.1, 0.15) is 37.8 Å². The lowest BCUT2D eigenvalue weighted by molar-refractivity contribution is -0.143. The van der Waals surface area contributed by atoms with Gasteiger partial charge in [0.05, 0.1) is 12.0 Å². The number of hydrogen-bond donors (Lipinski definition) is 1. The summed E-state index contributed by atoms with van der Waals surface area (Å²) in [6.07, 6.45) is 5.88. The van der Waals surface area contributed by atoms with E-state index in [1.807, 2.05) is 35.1 Å². The van der Waals surface area contributed by atoms with E-state index in [1.165, 1.54) is 0 Å². The van der Waals surface area contributed by atoms with E-state index in [0.717, 1.165) is 38.0 Å². The zero-order valence-corrected chi connectivity index (χ0v) is 15.5. The van der Waals surface area contributed by atoms with Crippen LogP contribution in [-0.4, -0.2) is 59.3 Å². The molecule has 1 aromatic heterocycles. The number of hydrogen-bond acceptors (Lipinski definition) is 4. The zero-order chi connectivity index (χ0) is 16.9. The molecule has 2 unspecified atom stereocenters. The molecule has 0 radical (unpaired) electrons. The second kappa shape index (κ2) is 9.15. The number of piperidine rings is 1. The summed E-state index contributed by atoms with van der Waals surface area (Å²) in [7, 11) is 0. The molecular weight excluding hydrogens is 340 g/mol. The number of aromatic nitrogens is 1. The lowest BCUT2D eigenvalue weighted by Gasteiger charge is -2.40. The molecule has 2 aliphatic rings. The van der Waals surface area contributed by atoms with E-state index in [1.54, 1.807) is 6.20 Å². The molecule has 2 fully saturated rings. The molecule has 0 bridgehead atoms. The highest BCUT2D eigenvalue weighted by atomic mass is 35.5. The molecule has 25 heavy (non-hydrogen) atoms. The van der Waals surface area contributed by atoms with E-state index in [9.17, 15) is 9.59 Å². The number of rotatable bonds is 3. The monoisotopic (exact) mass is 366 g/mol. The number of carbonyl (C=O) groups is 2. The van der Waals surface area contributed by atoms with Crippen LogP contribution < -0.4 is 5.32 Å². The van der Waals surface area contributed by atoms with Crippen LogP contribution in [0.2, 0.25) is 0 Å². The van der Waals surface area contributed by atoms with Gasteiger partial charge in [-0.15, -0.1) is 12.4 Å². The summed E-state index contributed by atoms with van der Waals surface area (Å²) < 4.78 is 0. The molecule has 3 heterocycles. The minimum atomic E-state index is -0.0773. The van der Waals surface area contributed by atoms with Crippen molar-refractivity contribution in [2.24, 2.45) is 5.92 Å². The second-order valence-corrected chi connectivity index (χ2v) is 6.57. The Labute approximate surface area is 155 Å². The van der Waals surface area contributed by atoms with E-state index >= 15 is 0 Å². The third-order valence-corrected chi connectivity index (χ3v) is 5.02. The van der Waals surface area contributed by atoms with Crippen molar-refractivity contribution in [1.29, 1.82) is 0 Å². The van der Waals surface area contributed by atoms with Gasteiger partial charge in [-0.05, 0) is 24.5 Å². The fourth-order valence-electron chi connectivity index (χ4n) is 3.70. The van der Waals surface area contributed by atoms with Crippen LogP contribution in [0.15, 0.2) is 24.5 Å². The van der Waals surface area contributed by atoms with Gasteiger partial charge in [0.2, 0.25) is 11.8 Å². The second-order valence-electron chi connectivity index (χ2n) is 6.57. The summed E-state index contributed by atoms with van der Waals surface area (Å²) in [5, 5.41) is 3.37. The topological polar surface area (TPSA) is 65.5 Å². The Balaban J connectivity index is 0.00000225. The average Bonchev–Trinajstić information content (AvgIpc) is 2.67. The maximum atomic E-state index is 13.1. The number of pyridine rings is 1. The quantitative estimate of drug-likeness (QED) is 0.882. The van der Waals surface area contributed by atoms with Crippen LogP contribution in [0.5, 0.6) is 0 Å². The van der Waals surface area contributed by atoms with Gasteiger partial charge in [-0.1, -0.05) is 13.0 Å². The van der Waals surface area contributed by atoms with Gasteiger partial charge in [-0.2, -0.15) is 0 Å². The molecule has 0 saturated carbocycles. The maximum Gasteiger partial charge on any atom is 0.228 e. The van der Waals surface area contributed by atoms with Gasteiger partial charge in [0.15, 0.2) is 0 Å². The van der Waals surface area contributed by atoms with Crippen molar-refractivity contribution in [3.05, 3.63) is 30.1 Å². The Morgan fingerprint density at radius 1 is 1.36 bits per heavy atom. The molecule has 1 aromatic rings. The van der Waals surface area contributed by atoms with Gasteiger partial charge >= 0.3 is 0 Å². The average molecular weight is 367 g/mol. The number of likely N-dealkylation sites (tertiary alicyclic amines) is 1. The molecule has 138 valence electrons. The molecule has 0 aliphatic carbocycles. The third kappa shape index (κ3) is 4.50. The van der Waals surface area contributed by atoms with Crippen LogP contribution in [0.4, 0.5) is 0 Å². The standard InChI is InChI=1S/C18H26N4O2.ClH/c1-2-17(23)21-9-4-6-15(13-21)18(24)22-10-8-20-12-16(22)14-5-3-7-19-11-14;/h3,5,7,11,15-16,20H,2,4,6,8-10,12-13H2,1H3;1H. The highest BCUT2D eigenvalue weighted by Crippen LogP contribution is 2.27. The van der Waals surface area contributed by atoms with E-state index < -0.39 is 0 Å². The summed E-state index contributed by atoms with van der Waals surface area (Å²) in [6, 6.07) is 3.96. The number of nitrogens with one attached hydrogen (secondary N) is 1. The zero-order valence-electron chi connectivity index (χ0n) is 14.7. The van der Waals surface area contributed by atoms with Crippen LogP contribution in [-0.2, 0) is 9.59 Å². The summed E-state index contributed by atoms with van der Waals surface area (Å²) in [6.45, 7) is 5.49. The lowest BCUT2D eigenvalue weighted by atomic mass is 9.94. The molecule has 0 aromatic carbocycles. The Bertz CT molecular complexity index is 584. The number of halogens is 1. The Morgan fingerprint density at radius 2 is 2.20 bits per heavy atom. The predicted molar refractivity (Wildman–Crippen MR) is 98.4 cm³/mol. The van der Waals surface area contributed by atoms with Crippen LogP contribution in [0.25, 0.3) is 0 Å². The first kappa shape index (κ1) is 19.7. The van der Waals surface area contributed by atoms with Gasteiger partial charge in [0.25, 0.3) is 0 Å². The normalized spacial score (nSPS) is 23.7. The molecule has 2 atom stereocenters. The van der Waals surface area contributed by atoms with Crippen molar-refractivity contribution < 1.29 is 9.59 Å². The van der Waals surface area contributed by atoms with Gasteiger partial charge in [0, 0.05) is 51.5 Å².